The van der Waals surface area contributed by atoms with E-state index >= 15 is 0 Å². The summed E-state index contributed by atoms with van der Waals surface area (Å²) in [6.45, 7) is 0.975. The van der Waals surface area contributed by atoms with Crippen molar-refractivity contribution in [1.29, 1.82) is 0 Å². The van der Waals surface area contributed by atoms with Gasteiger partial charge in [0.2, 0.25) is 5.82 Å². The van der Waals surface area contributed by atoms with Gasteiger partial charge in [0.05, 0.1) is 5.50 Å². The molecule has 1 N–H and O–H groups in total. The van der Waals surface area contributed by atoms with Gasteiger partial charge in [-0.2, -0.15) is 4.39 Å². The molecule has 0 saturated carbocycles. The van der Waals surface area contributed by atoms with Crippen LogP contribution >= 0.6 is 0 Å². The SMILES string of the molecule is Bc1cc(F)c(OC2(B)CNC2)c(F)c1F. The lowest BCUT2D eigenvalue weighted by Gasteiger charge is -2.40. The van der Waals surface area contributed by atoms with E-state index in [4.69, 9.17) is 4.74 Å². The van der Waals surface area contributed by atoms with Crippen molar-refractivity contribution in [3.63, 3.8) is 0 Å². The third-order valence-electron chi connectivity index (χ3n) is 2.64. The Bertz CT molecular complexity index is 437. The van der Waals surface area contributed by atoms with Gasteiger partial charge in [0.1, 0.15) is 7.85 Å². The molecule has 0 spiro atoms. The van der Waals surface area contributed by atoms with Gasteiger partial charge in [0, 0.05) is 13.1 Å². The molecule has 2 nitrogen and oxygen atoms in total. The summed E-state index contributed by atoms with van der Waals surface area (Å²) in [5, 5.41) is 2.92. The summed E-state index contributed by atoms with van der Waals surface area (Å²) in [5.41, 5.74) is -0.733. The minimum atomic E-state index is -1.26. The number of halogens is 3. The van der Waals surface area contributed by atoms with E-state index in [1.165, 1.54) is 7.85 Å². The van der Waals surface area contributed by atoms with E-state index in [0.29, 0.717) is 13.1 Å². The van der Waals surface area contributed by atoms with Gasteiger partial charge >= 0.3 is 0 Å². The molecule has 1 aromatic rings. The average molecular weight is 227 g/mol. The van der Waals surface area contributed by atoms with E-state index < -0.39 is 28.7 Å². The Kier molecular flexibility index (Phi) is 2.66. The highest BCUT2D eigenvalue weighted by atomic mass is 19.2. The lowest BCUT2D eigenvalue weighted by Crippen LogP contribution is -2.63. The van der Waals surface area contributed by atoms with Gasteiger partial charge in [-0.1, -0.05) is 0 Å². The third-order valence-corrected chi connectivity index (χ3v) is 2.64. The van der Waals surface area contributed by atoms with Crippen LogP contribution in [0.25, 0.3) is 0 Å². The fourth-order valence-corrected chi connectivity index (χ4v) is 1.59. The first-order chi connectivity index (χ1) is 7.43. The normalized spacial score (nSPS) is 17.9. The molecule has 0 radical (unpaired) electrons. The summed E-state index contributed by atoms with van der Waals surface area (Å²) in [6, 6.07) is 0.934. The molecular formula is C9H10B2F3NO. The van der Waals surface area contributed by atoms with E-state index in [2.05, 4.69) is 5.32 Å². The molecule has 16 heavy (non-hydrogen) atoms. The maximum Gasteiger partial charge on any atom is 0.203 e. The predicted molar refractivity (Wildman–Crippen MR) is 59.3 cm³/mol. The summed E-state index contributed by atoms with van der Waals surface area (Å²) in [6.07, 6.45) is 0. The molecule has 84 valence electrons. The minimum Gasteiger partial charge on any atom is -0.488 e. The zero-order valence-electron chi connectivity index (χ0n) is 9.03. The van der Waals surface area contributed by atoms with Gasteiger partial charge in [-0.15, -0.1) is 0 Å². The van der Waals surface area contributed by atoms with E-state index in [1.54, 1.807) is 7.85 Å². The van der Waals surface area contributed by atoms with Crippen LogP contribution in [0, 0.1) is 17.5 Å². The number of nitrogens with one attached hydrogen (secondary N) is 1. The summed E-state index contributed by atoms with van der Waals surface area (Å²) >= 11 is 0. The van der Waals surface area contributed by atoms with Crippen molar-refractivity contribution in [2.45, 2.75) is 5.50 Å². The van der Waals surface area contributed by atoms with Gasteiger partial charge < -0.3 is 10.1 Å². The third kappa shape index (κ3) is 1.80. The smallest absolute Gasteiger partial charge is 0.203 e. The maximum atomic E-state index is 13.5. The molecule has 1 saturated heterocycles. The second-order valence-corrected chi connectivity index (χ2v) is 4.29. The molecule has 1 aliphatic heterocycles. The molecule has 0 atom stereocenters. The Hall–Kier alpha value is -1.10. The van der Waals surface area contributed by atoms with E-state index in [9.17, 15) is 13.2 Å². The topological polar surface area (TPSA) is 21.3 Å². The summed E-state index contributed by atoms with van der Waals surface area (Å²) in [5.74, 6) is -3.82. The van der Waals surface area contributed by atoms with E-state index in [0.717, 1.165) is 6.07 Å². The van der Waals surface area contributed by atoms with Crippen LogP contribution in [0.15, 0.2) is 6.07 Å². The monoisotopic (exact) mass is 227 g/mol. The van der Waals surface area contributed by atoms with Crippen molar-refractivity contribution >= 4 is 21.2 Å². The first-order valence-electron chi connectivity index (χ1n) is 4.97. The van der Waals surface area contributed by atoms with Crippen molar-refractivity contribution in [3.05, 3.63) is 23.5 Å². The van der Waals surface area contributed by atoms with Crippen molar-refractivity contribution in [3.8, 4) is 5.75 Å². The number of benzene rings is 1. The van der Waals surface area contributed by atoms with Crippen molar-refractivity contribution < 1.29 is 17.9 Å². The van der Waals surface area contributed by atoms with Crippen LogP contribution in [0.5, 0.6) is 5.75 Å². The molecule has 0 aliphatic carbocycles. The fourth-order valence-electron chi connectivity index (χ4n) is 1.59. The van der Waals surface area contributed by atoms with Crippen molar-refractivity contribution in [2.75, 3.05) is 13.1 Å². The minimum absolute atomic E-state index is 0.0702. The molecule has 0 aromatic heterocycles. The van der Waals surface area contributed by atoms with Crippen molar-refractivity contribution in [2.24, 2.45) is 0 Å². The molecule has 1 fully saturated rings. The maximum absolute atomic E-state index is 13.5. The number of rotatable bonds is 2. The van der Waals surface area contributed by atoms with Gasteiger partial charge in [-0.05, 0) is 11.5 Å². The summed E-state index contributed by atoms with van der Waals surface area (Å²) in [7, 11) is 3.01. The van der Waals surface area contributed by atoms with E-state index in [-0.39, 0.29) is 5.46 Å². The first-order valence-corrected chi connectivity index (χ1v) is 4.97. The quantitative estimate of drug-likeness (QED) is 0.499. The molecule has 0 bridgehead atoms. The predicted octanol–water partition coefficient (Wildman–Crippen LogP) is -1.33. The number of hydrogen-bond acceptors (Lipinski definition) is 2. The Morgan fingerprint density at radius 2 is 1.88 bits per heavy atom. The molecule has 1 aliphatic rings. The number of ether oxygens (including phenoxy) is 1. The lowest BCUT2D eigenvalue weighted by atomic mass is 9.76. The van der Waals surface area contributed by atoms with Crippen LogP contribution in [0.3, 0.4) is 0 Å². The van der Waals surface area contributed by atoms with Gasteiger partial charge in [-0.25, -0.2) is 8.78 Å². The van der Waals surface area contributed by atoms with Crippen LogP contribution in [-0.2, 0) is 0 Å². The molecule has 1 heterocycles. The van der Waals surface area contributed by atoms with Crippen LogP contribution in [0.4, 0.5) is 13.2 Å². The average Bonchev–Trinajstić information content (AvgIpc) is 2.19. The first kappa shape index (κ1) is 11.4. The fraction of sp³-hybridized carbons (Fsp3) is 0.333. The largest absolute Gasteiger partial charge is 0.488 e. The van der Waals surface area contributed by atoms with Crippen LogP contribution in [-0.4, -0.2) is 34.3 Å². The highest BCUT2D eigenvalue weighted by molar-refractivity contribution is 6.32. The summed E-state index contributed by atoms with van der Waals surface area (Å²) < 4.78 is 45.3. The van der Waals surface area contributed by atoms with Gasteiger partial charge in [-0.3, -0.25) is 0 Å². The molecule has 1 aromatic carbocycles. The van der Waals surface area contributed by atoms with Gasteiger partial charge in [0.15, 0.2) is 25.2 Å². The summed E-state index contributed by atoms with van der Waals surface area (Å²) in [4.78, 5) is 0. The van der Waals surface area contributed by atoms with E-state index in [1.807, 2.05) is 0 Å². The lowest BCUT2D eigenvalue weighted by molar-refractivity contribution is 0.0868. The molecule has 2 rings (SSSR count). The molecule has 7 heteroatoms. The van der Waals surface area contributed by atoms with Crippen LogP contribution in [0.2, 0.25) is 0 Å². The highest BCUT2D eigenvalue weighted by Crippen LogP contribution is 2.27. The zero-order chi connectivity index (χ0) is 11.9. The number of hydrogen-bond donors (Lipinski definition) is 1. The zero-order valence-corrected chi connectivity index (χ0v) is 9.03. The highest BCUT2D eigenvalue weighted by Gasteiger charge is 2.36. The van der Waals surface area contributed by atoms with Crippen molar-refractivity contribution in [1.82, 2.24) is 5.32 Å². The Morgan fingerprint density at radius 1 is 1.25 bits per heavy atom. The Morgan fingerprint density at radius 3 is 2.38 bits per heavy atom. The second-order valence-electron chi connectivity index (χ2n) is 4.29. The second kappa shape index (κ2) is 3.73. The molecular weight excluding hydrogens is 217 g/mol. The standard InChI is InChI=1S/C9H10B2F3NO/c10-4-1-5(12)8(7(14)6(4)13)16-9(11)2-15-3-9/h1,15H,2-3,10-11H2. The Balaban J connectivity index is 2.36. The molecule has 0 amide bonds. The van der Waals surface area contributed by atoms with Crippen LogP contribution < -0.4 is 15.5 Å². The van der Waals surface area contributed by atoms with Crippen LogP contribution in [0.1, 0.15) is 0 Å². The Labute approximate surface area is 93.0 Å². The van der Waals surface area contributed by atoms with Gasteiger partial charge in [0.25, 0.3) is 0 Å². The molecule has 0 unspecified atom stereocenters.